The molecule has 2 aliphatic heterocycles. The van der Waals surface area contributed by atoms with Gasteiger partial charge >= 0.3 is 0 Å². The molecule has 18 heavy (non-hydrogen) atoms. The monoisotopic (exact) mass is 309 g/mol. The third-order valence-corrected chi connectivity index (χ3v) is 4.11. The van der Waals surface area contributed by atoms with Gasteiger partial charge in [0, 0.05) is 22.7 Å². The molecule has 0 saturated carbocycles. The first-order valence-electron chi connectivity index (χ1n) is 6.18. The van der Waals surface area contributed by atoms with Crippen LogP contribution in [-0.4, -0.2) is 31.8 Å². The zero-order valence-electron chi connectivity index (χ0n) is 10.1. The van der Waals surface area contributed by atoms with Crippen molar-refractivity contribution in [2.24, 2.45) is 16.6 Å². The minimum absolute atomic E-state index is 0.335. The van der Waals surface area contributed by atoms with Crippen LogP contribution in [0.25, 0.3) is 0 Å². The normalized spacial score (nSPS) is 27.6. The van der Waals surface area contributed by atoms with E-state index >= 15 is 0 Å². The zero-order valence-corrected chi connectivity index (χ0v) is 11.6. The maximum atomic E-state index is 6.04. The van der Waals surface area contributed by atoms with Crippen LogP contribution in [-0.2, 0) is 4.74 Å². The summed E-state index contributed by atoms with van der Waals surface area (Å²) in [7, 11) is 0. The molecule has 2 N–H and O–H groups in total. The second-order valence-electron chi connectivity index (χ2n) is 4.74. The minimum Gasteiger partial charge on any atom is -0.381 e. The molecule has 0 spiro atoms. The second-order valence-corrected chi connectivity index (χ2v) is 5.66. The van der Waals surface area contributed by atoms with E-state index in [0.717, 1.165) is 36.3 Å². The topological polar surface area (TPSA) is 50.9 Å². The summed E-state index contributed by atoms with van der Waals surface area (Å²) in [6.45, 7) is 2.44. The molecule has 1 aromatic carbocycles. The van der Waals surface area contributed by atoms with Crippen molar-refractivity contribution >= 4 is 27.6 Å². The van der Waals surface area contributed by atoms with Crippen LogP contribution in [0, 0.1) is 5.92 Å². The van der Waals surface area contributed by atoms with Gasteiger partial charge in [-0.3, -0.25) is 4.99 Å². The van der Waals surface area contributed by atoms with Gasteiger partial charge in [-0.25, -0.2) is 0 Å². The summed E-state index contributed by atoms with van der Waals surface area (Å²) >= 11 is 3.50. The average Bonchev–Trinajstić information content (AvgIpc) is 2.97. The molecule has 0 aliphatic carbocycles. The van der Waals surface area contributed by atoms with Gasteiger partial charge in [-0.2, -0.15) is 0 Å². The van der Waals surface area contributed by atoms with Crippen LogP contribution in [0.1, 0.15) is 6.42 Å². The first kappa shape index (κ1) is 12.0. The number of anilines is 1. The van der Waals surface area contributed by atoms with Gasteiger partial charge in [0.2, 0.25) is 0 Å². The standard InChI is InChI=1S/C13H16BrN3O/c14-10-2-1-3-11(6-10)17-12(7-16-13(17)15)9-4-5-18-8-9/h1-3,6,9,12H,4-5,7-8H2,(H2,15,16). The van der Waals surface area contributed by atoms with Crippen molar-refractivity contribution in [3.63, 3.8) is 0 Å². The summed E-state index contributed by atoms with van der Waals surface area (Å²) in [5.74, 6) is 1.14. The third-order valence-electron chi connectivity index (χ3n) is 3.61. The minimum atomic E-state index is 0.335. The third kappa shape index (κ3) is 2.12. The maximum Gasteiger partial charge on any atom is 0.196 e. The van der Waals surface area contributed by atoms with Crippen molar-refractivity contribution < 1.29 is 4.74 Å². The maximum absolute atomic E-state index is 6.04. The molecule has 0 bridgehead atoms. The Balaban J connectivity index is 1.89. The van der Waals surface area contributed by atoms with E-state index < -0.39 is 0 Å². The highest BCUT2D eigenvalue weighted by atomic mass is 79.9. The van der Waals surface area contributed by atoms with Gasteiger partial charge in [0.25, 0.3) is 0 Å². The van der Waals surface area contributed by atoms with Crippen molar-refractivity contribution in [3.05, 3.63) is 28.7 Å². The molecule has 2 heterocycles. The molecule has 1 fully saturated rings. The number of aliphatic imine (C=N–C) groups is 1. The molecule has 2 atom stereocenters. The predicted octanol–water partition coefficient (Wildman–Crippen LogP) is 1.99. The molecule has 1 saturated heterocycles. The largest absolute Gasteiger partial charge is 0.381 e. The Bertz CT molecular complexity index is 471. The first-order valence-corrected chi connectivity index (χ1v) is 6.97. The lowest BCUT2D eigenvalue weighted by molar-refractivity contribution is 0.182. The molecular weight excluding hydrogens is 294 g/mol. The van der Waals surface area contributed by atoms with Gasteiger partial charge in [-0.15, -0.1) is 0 Å². The van der Waals surface area contributed by atoms with Gasteiger partial charge < -0.3 is 15.4 Å². The summed E-state index contributed by atoms with van der Waals surface area (Å²) in [4.78, 5) is 6.54. The second kappa shape index (κ2) is 4.90. The summed E-state index contributed by atoms with van der Waals surface area (Å²) in [6.07, 6.45) is 1.10. The summed E-state index contributed by atoms with van der Waals surface area (Å²) in [5.41, 5.74) is 7.14. The Morgan fingerprint density at radius 3 is 3.06 bits per heavy atom. The average molecular weight is 310 g/mol. The van der Waals surface area contributed by atoms with E-state index in [1.54, 1.807) is 0 Å². The molecular formula is C13H16BrN3O. The summed E-state index contributed by atoms with van der Waals surface area (Å²) < 4.78 is 6.54. The molecule has 2 unspecified atom stereocenters. The van der Waals surface area contributed by atoms with E-state index in [1.165, 1.54) is 0 Å². The highest BCUT2D eigenvalue weighted by Crippen LogP contribution is 2.30. The van der Waals surface area contributed by atoms with E-state index in [1.807, 2.05) is 12.1 Å². The number of ether oxygens (including phenoxy) is 1. The fraction of sp³-hybridized carbons (Fsp3) is 0.462. The van der Waals surface area contributed by atoms with Crippen LogP contribution in [0.5, 0.6) is 0 Å². The number of nitrogens with zero attached hydrogens (tertiary/aromatic N) is 2. The predicted molar refractivity (Wildman–Crippen MR) is 75.8 cm³/mol. The van der Waals surface area contributed by atoms with Crippen LogP contribution in [0.3, 0.4) is 0 Å². The Labute approximate surface area is 115 Å². The Morgan fingerprint density at radius 2 is 2.33 bits per heavy atom. The van der Waals surface area contributed by atoms with Gasteiger partial charge in [0.15, 0.2) is 5.96 Å². The van der Waals surface area contributed by atoms with E-state index in [2.05, 4.69) is 38.0 Å². The van der Waals surface area contributed by atoms with Crippen molar-refractivity contribution in [2.75, 3.05) is 24.7 Å². The van der Waals surface area contributed by atoms with Gasteiger partial charge in [-0.05, 0) is 24.6 Å². The van der Waals surface area contributed by atoms with Gasteiger partial charge in [-0.1, -0.05) is 22.0 Å². The number of guanidine groups is 1. The number of benzene rings is 1. The van der Waals surface area contributed by atoms with Gasteiger partial charge in [0.1, 0.15) is 0 Å². The highest BCUT2D eigenvalue weighted by Gasteiger charge is 2.35. The molecule has 0 amide bonds. The van der Waals surface area contributed by atoms with Crippen LogP contribution in [0.4, 0.5) is 5.69 Å². The molecule has 96 valence electrons. The van der Waals surface area contributed by atoms with Crippen LogP contribution in [0.15, 0.2) is 33.7 Å². The molecule has 3 rings (SSSR count). The SMILES string of the molecule is NC1=NCC(C2CCOC2)N1c1cccc(Br)c1. The Hall–Kier alpha value is -1.07. The van der Waals surface area contributed by atoms with E-state index in [0.29, 0.717) is 17.9 Å². The lowest BCUT2D eigenvalue weighted by Crippen LogP contribution is -2.45. The van der Waals surface area contributed by atoms with Gasteiger partial charge in [0.05, 0.1) is 19.2 Å². The molecule has 1 aromatic rings. The number of hydrogen-bond donors (Lipinski definition) is 1. The number of hydrogen-bond acceptors (Lipinski definition) is 4. The van der Waals surface area contributed by atoms with Crippen molar-refractivity contribution in [1.29, 1.82) is 0 Å². The molecule has 0 aromatic heterocycles. The van der Waals surface area contributed by atoms with Crippen LogP contribution < -0.4 is 10.6 Å². The molecule has 4 nitrogen and oxygen atoms in total. The van der Waals surface area contributed by atoms with E-state index in [4.69, 9.17) is 10.5 Å². The molecule has 0 radical (unpaired) electrons. The fourth-order valence-corrected chi connectivity index (χ4v) is 3.07. The number of nitrogens with two attached hydrogens (primary N) is 1. The summed E-state index contributed by atoms with van der Waals surface area (Å²) in [6, 6.07) is 8.52. The molecule has 5 heteroatoms. The smallest absolute Gasteiger partial charge is 0.196 e. The van der Waals surface area contributed by atoms with Crippen LogP contribution >= 0.6 is 15.9 Å². The zero-order chi connectivity index (χ0) is 12.5. The van der Waals surface area contributed by atoms with Crippen molar-refractivity contribution in [3.8, 4) is 0 Å². The lowest BCUT2D eigenvalue weighted by atomic mass is 9.98. The fourth-order valence-electron chi connectivity index (χ4n) is 2.68. The lowest BCUT2D eigenvalue weighted by Gasteiger charge is -2.30. The summed E-state index contributed by atoms with van der Waals surface area (Å²) in [5, 5.41) is 0. The highest BCUT2D eigenvalue weighted by molar-refractivity contribution is 9.10. The number of rotatable bonds is 2. The van der Waals surface area contributed by atoms with Crippen LogP contribution in [0.2, 0.25) is 0 Å². The number of halogens is 1. The Kier molecular flexibility index (Phi) is 3.26. The van der Waals surface area contributed by atoms with Crippen molar-refractivity contribution in [1.82, 2.24) is 0 Å². The van der Waals surface area contributed by atoms with Crippen molar-refractivity contribution in [2.45, 2.75) is 12.5 Å². The quantitative estimate of drug-likeness (QED) is 0.909. The Morgan fingerprint density at radius 1 is 1.44 bits per heavy atom. The van der Waals surface area contributed by atoms with E-state index in [9.17, 15) is 0 Å². The molecule has 2 aliphatic rings. The van der Waals surface area contributed by atoms with E-state index in [-0.39, 0.29) is 0 Å². The first-order chi connectivity index (χ1) is 8.75.